The predicted molar refractivity (Wildman–Crippen MR) is 80.2 cm³/mol. The van der Waals surface area contributed by atoms with Crippen molar-refractivity contribution in [1.29, 1.82) is 0 Å². The molecule has 1 aromatic heterocycles. The van der Waals surface area contributed by atoms with Gasteiger partial charge in [-0.15, -0.1) is 0 Å². The summed E-state index contributed by atoms with van der Waals surface area (Å²) in [4.78, 5) is 16.0. The third kappa shape index (κ3) is 3.80. The Hall–Kier alpha value is -1.54. The Kier molecular flexibility index (Phi) is 5.12. The van der Waals surface area contributed by atoms with Gasteiger partial charge in [0.25, 0.3) is 5.91 Å². The minimum atomic E-state index is -3.49. The largest absolute Gasteiger partial charge is 0.349 e. The molecule has 6 nitrogen and oxygen atoms in total. The van der Waals surface area contributed by atoms with Crippen LogP contribution in [0.15, 0.2) is 24.5 Å². The summed E-state index contributed by atoms with van der Waals surface area (Å²) in [6.07, 6.45) is 3.54. The van der Waals surface area contributed by atoms with Crippen LogP contribution in [-0.2, 0) is 21.4 Å². The van der Waals surface area contributed by atoms with E-state index in [4.69, 9.17) is 0 Å². The number of pyridine rings is 1. The minimum Gasteiger partial charge on any atom is -0.349 e. The lowest BCUT2D eigenvalue weighted by Gasteiger charge is -2.35. The highest BCUT2D eigenvalue weighted by Gasteiger charge is 2.45. The van der Waals surface area contributed by atoms with Crippen molar-refractivity contribution in [2.45, 2.75) is 32.0 Å². The maximum Gasteiger partial charge on any atom is 0.259 e. The second-order valence-corrected chi connectivity index (χ2v) is 7.60. The zero-order valence-corrected chi connectivity index (χ0v) is 13.3. The fourth-order valence-corrected chi connectivity index (χ4v) is 3.59. The Balaban J connectivity index is 2.01. The topological polar surface area (TPSA) is 79.4 Å². The third-order valence-corrected chi connectivity index (χ3v) is 5.60. The van der Waals surface area contributed by atoms with Crippen LogP contribution in [0.5, 0.6) is 0 Å². The van der Waals surface area contributed by atoms with Crippen LogP contribution in [0.1, 0.15) is 25.3 Å². The lowest BCUT2D eigenvalue weighted by Crippen LogP contribution is -2.55. The van der Waals surface area contributed by atoms with Gasteiger partial charge in [0.15, 0.2) is 0 Å². The van der Waals surface area contributed by atoms with Crippen molar-refractivity contribution in [1.82, 2.24) is 14.6 Å². The summed E-state index contributed by atoms with van der Waals surface area (Å²) in [5.41, 5.74) is -1.37. The van der Waals surface area contributed by atoms with Gasteiger partial charge >= 0.3 is 0 Å². The Morgan fingerprint density at radius 1 is 1.45 bits per heavy atom. The van der Waals surface area contributed by atoms with Gasteiger partial charge < -0.3 is 5.32 Å². The summed E-state index contributed by atoms with van der Waals surface area (Å²) in [5, 5.41) is 2.54. The van der Waals surface area contributed by atoms with Gasteiger partial charge in [-0.2, -0.15) is 4.31 Å². The van der Waals surface area contributed by atoms with Crippen LogP contribution >= 0.6 is 0 Å². The first-order chi connectivity index (χ1) is 10.4. The summed E-state index contributed by atoms with van der Waals surface area (Å²) >= 11 is 0. The number of carbonyl (C=O) groups excluding carboxylic acids is 1. The first kappa shape index (κ1) is 16.8. The first-order valence-electron chi connectivity index (χ1n) is 7.21. The van der Waals surface area contributed by atoms with Crippen molar-refractivity contribution >= 4 is 15.9 Å². The molecule has 0 spiro atoms. The van der Waals surface area contributed by atoms with Crippen molar-refractivity contribution in [3.05, 3.63) is 30.1 Å². The van der Waals surface area contributed by atoms with E-state index in [2.05, 4.69) is 10.3 Å². The summed E-state index contributed by atoms with van der Waals surface area (Å²) in [6.45, 7) is 1.55. The molecule has 0 bridgehead atoms. The zero-order valence-electron chi connectivity index (χ0n) is 12.5. The number of amides is 1. The number of hydrogen-bond donors (Lipinski definition) is 1. The van der Waals surface area contributed by atoms with Gasteiger partial charge in [-0.05, 0) is 37.5 Å². The number of nitrogens with one attached hydrogen (secondary N) is 1. The summed E-state index contributed by atoms with van der Waals surface area (Å²) in [5.74, 6) is -0.859. The van der Waals surface area contributed by atoms with Crippen molar-refractivity contribution in [2.75, 3.05) is 18.8 Å². The van der Waals surface area contributed by atoms with Crippen LogP contribution in [0.3, 0.4) is 0 Å². The molecule has 0 aliphatic carbocycles. The second-order valence-electron chi connectivity index (χ2n) is 5.34. The molecule has 1 aliphatic heterocycles. The maximum atomic E-state index is 14.9. The van der Waals surface area contributed by atoms with Crippen molar-refractivity contribution in [3.63, 3.8) is 0 Å². The molecule has 0 saturated carbocycles. The number of hydrogen-bond acceptors (Lipinski definition) is 4. The molecular formula is C14H20FN3O3S. The lowest BCUT2D eigenvalue weighted by atomic mass is 9.95. The average molecular weight is 329 g/mol. The van der Waals surface area contributed by atoms with E-state index in [0.29, 0.717) is 6.42 Å². The second kappa shape index (κ2) is 6.70. The SMILES string of the molecule is CCS(=O)(=O)N1CCCC(F)(C(=O)NCc2ccncc2)C1. The molecule has 2 heterocycles. The van der Waals surface area contributed by atoms with E-state index < -0.39 is 28.1 Å². The molecular weight excluding hydrogens is 309 g/mol. The lowest BCUT2D eigenvalue weighted by molar-refractivity contribution is -0.135. The third-order valence-electron chi connectivity index (χ3n) is 3.78. The number of aromatic nitrogens is 1. The van der Waals surface area contributed by atoms with E-state index in [9.17, 15) is 17.6 Å². The maximum absolute atomic E-state index is 14.9. The summed E-state index contributed by atoms with van der Waals surface area (Å²) in [7, 11) is -3.49. The van der Waals surface area contributed by atoms with Gasteiger partial charge in [0.05, 0.1) is 12.3 Å². The van der Waals surface area contributed by atoms with E-state index >= 15 is 0 Å². The monoisotopic (exact) mass is 329 g/mol. The van der Waals surface area contributed by atoms with Crippen molar-refractivity contribution in [2.24, 2.45) is 0 Å². The first-order valence-corrected chi connectivity index (χ1v) is 8.82. The number of carbonyl (C=O) groups is 1. The minimum absolute atomic E-state index is 0.0327. The highest BCUT2D eigenvalue weighted by molar-refractivity contribution is 7.89. The fourth-order valence-electron chi connectivity index (χ4n) is 2.42. The number of alkyl halides is 1. The Bertz CT molecular complexity index is 623. The molecule has 8 heteroatoms. The van der Waals surface area contributed by atoms with Crippen LogP contribution in [0.25, 0.3) is 0 Å². The van der Waals surface area contributed by atoms with Gasteiger partial charge in [-0.3, -0.25) is 9.78 Å². The van der Waals surface area contributed by atoms with Gasteiger partial charge in [0.2, 0.25) is 15.7 Å². The molecule has 1 unspecified atom stereocenters. The van der Waals surface area contributed by atoms with Crippen LogP contribution in [-0.4, -0.2) is 48.1 Å². The normalized spacial score (nSPS) is 23.2. The van der Waals surface area contributed by atoms with Crippen LogP contribution in [0.4, 0.5) is 4.39 Å². The molecule has 1 N–H and O–H groups in total. The molecule has 1 amide bonds. The molecule has 0 radical (unpaired) electrons. The van der Waals surface area contributed by atoms with E-state index in [-0.39, 0.29) is 25.3 Å². The van der Waals surface area contributed by atoms with Crippen LogP contribution < -0.4 is 5.32 Å². The number of rotatable bonds is 5. The zero-order chi connectivity index (χ0) is 16.2. The van der Waals surface area contributed by atoms with Crippen LogP contribution in [0, 0.1) is 0 Å². The highest BCUT2D eigenvalue weighted by Crippen LogP contribution is 2.27. The predicted octanol–water partition coefficient (Wildman–Crippen LogP) is 0.852. The quantitative estimate of drug-likeness (QED) is 0.869. The van der Waals surface area contributed by atoms with Crippen LogP contribution in [0.2, 0.25) is 0 Å². The van der Waals surface area contributed by atoms with Gasteiger partial charge in [0.1, 0.15) is 0 Å². The molecule has 1 fully saturated rings. The molecule has 22 heavy (non-hydrogen) atoms. The number of halogens is 1. The molecule has 1 saturated heterocycles. The van der Waals surface area contributed by atoms with E-state index in [1.807, 2.05) is 0 Å². The van der Waals surface area contributed by atoms with Gasteiger partial charge in [0, 0.05) is 25.5 Å². The number of nitrogens with zero attached hydrogens (tertiary/aromatic N) is 2. The number of sulfonamides is 1. The standard InChI is InChI=1S/C14H20FN3O3S/c1-2-22(20,21)18-9-3-6-14(15,11-18)13(19)17-10-12-4-7-16-8-5-12/h4-5,7-8H,2-3,6,9-11H2,1H3,(H,17,19). The molecule has 0 aromatic carbocycles. The molecule has 1 aliphatic rings. The van der Waals surface area contributed by atoms with Gasteiger partial charge in [-0.25, -0.2) is 12.8 Å². The smallest absolute Gasteiger partial charge is 0.259 e. The number of piperidine rings is 1. The van der Waals surface area contributed by atoms with E-state index in [0.717, 1.165) is 9.87 Å². The Morgan fingerprint density at radius 2 is 2.14 bits per heavy atom. The molecule has 2 rings (SSSR count). The summed E-state index contributed by atoms with van der Waals surface area (Å²) < 4.78 is 39.7. The van der Waals surface area contributed by atoms with Crippen molar-refractivity contribution < 1.29 is 17.6 Å². The molecule has 1 atom stereocenters. The van der Waals surface area contributed by atoms with Crippen molar-refractivity contribution in [3.8, 4) is 0 Å². The highest BCUT2D eigenvalue weighted by atomic mass is 32.2. The van der Waals surface area contributed by atoms with E-state index in [1.165, 1.54) is 6.92 Å². The van der Waals surface area contributed by atoms with Gasteiger partial charge in [-0.1, -0.05) is 0 Å². The molecule has 122 valence electrons. The fraction of sp³-hybridized carbons (Fsp3) is 0.571. The Morgan fingerprint density at radius 3 is 2.77 bits per heavy atom. The Labute approximate surface area is 129 Å². The summed E-state index contributed by atoms with van der Waals surface area (Å²) in [6, 6.07) is 3.44. The van der Waals surface area contributed by atoms with E-state index in [1.54, 1.807) is 24.5 Å². The average Bonchev–Trinajstić information content (AvgIpc) is 2.53. The molecule has 1 aromatic rings.